The molecule has 0 radical (unpaired) electrons. The average molecular weight is 220 g/mol. The van der Waals surface area contributed by atoms with E-state index in [1.54, 1.807) is 0 Å². The first-order valence-electron chi connectivity index (χ1n) is 4.93. The zero-order chi connectivity index (χ0) is 11.7. The molecular formula is C10H20O5. The first-order valence-corrected chi connectivity index (χ1v) is 4.93. The Labute approximate surface area is 90.3 Å². The van der Waals surface area contributed by atoms with Crippen LogP contribution in [0, 0.1) is 0 Å². The number of hydrogen-bond donors (Lipinski definition) is 1. The maximum Gasteiger partial charge on any atom is 0.329 e. The standard InChI is InChI=1S/C10H20O5/c1-10(2,3)15-7-6-13-4-5-14-8-9(11)12/h4-8H2,1-3H3,(H,11,12). The van der Waals surface area contributed by atoms with Gasteiger partial charge in [0, 0.05) is 0 Å². The second kappa shape index (κ2) is 7.62. The van der Waals surface area contributed by atoms with Crippen molar-refractivity contribution in [3.05, 3.63) is 0 Å². The van der Waals surface area contributed by atoms with Crippen molar-refractivity contribution in [2.45, 2.75) is 26.4 Å². The predicted octanol–water partition coefficient (Wildman–Crippen LogP) is 0.919. The summed E-state index contributed by atoms with van der Waals surface area (Å²) in [6.07, 6.45) is 0. The minimum Gasteiger partial charge on any atom is -0.480 e. The number of carboxylic acids is 1. The van der Waals surface area contributed by atoms with Crippen LogP contribution in [0.3, 0.4) is 0 Å². The van der Waals surface area contributed by atoms with Crippen LogP contribution < -0.4 is 0 Å². The van der Waals surface area contributed by atoms with Crippen molar-refractivity contribution in [2.24, 2.45) is 0 Å². The summed E-state index contributed by atoms with van der Waals surface area (Å²) in [4.78, 5) is 10.1. The number of carboxylic acid groups (broad SMARTS) is 1. The fourth-order valence-corrected chi connectivity index (χ4v) is 0.786. The van der Waals surface area contributed by atoms with Gasteiger partial charge in [-0.1, -0.05) is 0 Å². The maximum absolute atomic E-state index is 10.1. The first kappa shape index (κ1) is 14.3. The summed E-state index contributed by atoms with van der Waals surface area (Å²) >= 11 is 0. The highest BCUT2D eigenvalue weighted by molar-refractivity contribution is 5.67. The van der Waals surface area contributed by atoms with E-state index in [0.717, 1.165) is 0 Å². The summed E-state index contributed by atoms with van der Waals surface area (Å²) in [7, 11) is 0. The number of aliphatic carboxylic acids is 1. The van der Waals surface area contributed by atoms with Crippen LogP contribution in [0.25, 0.3) is 0 Å². The van der Waals surface area contributed by atoms with Gasteiger partial charge in [-0.05, 0) is 20.8 Å². The Morgan fingerprint density at radius 1 is 1.07 bits per heavy atom. The second-order valence-electron chi connectivity index (χ2n) is 4.02. The molecule has 0 aliphatic carbocycles. The van der Waals surface area contributed by atoms with E-state index in [1.165, 1.54) is 0 Å². The molecule has 0 unspecified atom stereocenters. The van der Waals surface area contributed by atoms with E-state index in [0.29, 0.717) is 26.4 Å². The normalized spacial score (nSPS) is 11.7. The fourth-order valence-electron chi connectivity index (χ4n) is 0.786. The zero-order valence-electron chi connectivity index (χ0n) is 9.62. The van der Waals surface area contributed by atoms with Crippen molar-refractivity contribution in [3.8, 4) is 0 Å². The van der Waals surface area contributed by atoms with Crippen molar-refractivity contribution in [3.63, 3.8) is 0 Å². The van der Waals surface area contributed by atoms with Crippen molar-refractivity contribution < 1.29 is 24.1 Å². The van der Waals surface area contributed by atoms with E-state index in [4.69, 9.17) is 19.3 Å². The molecule has 0 saturated heterocycles. The quantitative estimate of drug-likeness (QED) is 0.616. The summed E-state index contributed by atoms with van der Waals surface area (Å²) in [6.45, 7) is 7.36. The molecule has 0 aromatic carbocycles. The highest BCUT2D eigenvalue weighted by Crippen LogP contribution is 2.05. The van der Waals surface area contributed by atoms with E-state index < -0.39 is 5.97 Å². The van der Waals surface area contributed by atoms with Gasteiger partial charge in [0.25, 0.3) is 0 Å². The SMILES string of the molecule is CC(C)(C)OCCOCCOCC(=O)O. The Morgan fingerprint density at radius 3 is 2.13 bits per heavy atom. The van der Waals surface area contributed by atoms with Gasteiger partial charge < -0.3 is 19.3 Å². The largest absolute Gasteiger partial charge is 0.480 e. The van der Waals surface area contributed by atoms with Gasteiger partial charge in [-0.25, -0.2) is 4.79 Å². The van der Waals surface area contributed by atoms with E-state index in [-0.39, 0.29) is 12.2 Å². The highest BCUT2D eigenvalue weighted by atomic mass is 16.6. The van der Waals surface area contributed by atoms with Crippen LogP contribution in [-0.2, 0) is 19.0 Å². The number of hydrogen-bond acceptors (Lipinski definition) is 4. The third-order valence-electron chi connectivity index (χ3n) is 1.36. The van der Waals surface area contributed by atoms with E-state index in [9.17, 15) is 4.79 Å². The van der Waals surface area contributed by atoms with Crippen LogP contribution in [-0.4, -0.2) is 49.7 Å². The van der Waals surface area contributed by atoms with Gasteiger partial charge in [-0.3, -0.25) is 0 Å². The van der Waals surface area contributed by atoms with Crippen LogP contribution in [0.4, 0.5) is 0 Å². The van der Waals surface area contributed by atoms with Crippen molar-refractivity contribution in [1.82, 2.24) is 0 Å². The van der Waals surface area contributed by atoms with Crippen LogP contribution in [0.5, 0.6) is 0 Å². The third-order valence-corrected chi connectivity index (χ3v) is 1.36. The Kier molecular flexibility index (Phi) is 7.29. The number of rotatable bonds is 8. The average Bonchev–Trinajstić information content (AvgIpc) is 2.07. The molecule has 5 nitrogen and oxygen atoms in total. The van der Waals surface area contributed by atoms with Gasteiger partial charge in [0.2, 0.25) is 0 Å². The van der Waals surface area contributed by atoms with Crippen LogP contribution in [0.2, 0.25) is 0 Å². The highest BCUT2D eigenvalue weighted by Gasteiger charge is 2.08. The first-order chi connectivity index (χ1) is 6.92. The lowest BCUT2D eigenvalue weighted by Crippen LogP contribution is -2.22. The lowest BCUT2D eigenvalue weighted by molar-refractivity contribution is -0.142. The lowest BCUT2D eigenvalue weighted by Gasteiger charge is -2.19. The van der Waals surface area contributed by atoms with Gasteiger partial charge in [-0.15, -0.1) is 0 Å². The molecule has 90 valence electrons. The van der Waals surface area contributed by atoms with Gasteiger partial charge in [0.05, 0.1) is 32.0 Å². The molecule has 0 heterocycles. The fraction of sp³-hybridized carbons (Fsp3) is 0.900. The maximum atomic E-state index is 10.1. The minimum absolute atomic E-state index is 0.150. The van der Waals surface area contributed by atoms with Gasteiger partial charge in [0.15, 0.2) is 0 Å². The van der Waals surface area contributed by atoms with E-state index in [2.05, 4.69) is 0 Å². The zero-order valence-corrected chi connectivity index (χ0v) is 9.62. The second-order valence-corrected chi connectivity index (χ2v) is 4.02. The molecular weight excluding hydrogens is 200 g/mol. The molecule has 0 fully saturated rings. The van der Waals surface area contributed by atoms with Crippen molar-refractivity contribution >= 4 is 5.97 Å². The van der Waals surface area contributed by atoms with Crippen LogP contribution >= 0.6 is 0 Å². The van der Waals surface area contributed by atoms with E-state index in [1.807, 2.05) is 20.8 Å². The molecule has 0 aliphatic heterocycles. The smallest absolute Gasteiger partial charge is 0.329 e. The van der Waals surface area contributed by atoms with Crippen LogP contribution in [0.15, 0.2) is 0 Å². The molecule has 0 saturated carbocycles. The topological polar surface area (TPSA) is 65.0 Å². The molecule has 0 amide bonds. The predicted molar refractivity (Wildman–Crippen MR) is 55.0 cm³/mol. The molecule has 0 aromatic rings. The van der Waals surface area contributed by atoms with Crippen molar-refractivity contribution in [1.29, 1.82) is 0 Å². The van der Waals surface area contributed by atoms with Crippen molar-refractivity contribution in [2.75, 3.05) is 33.0 Å². The summed E-state index contributed by atoms with van der Waals surface area (Å²) in [6, 6.07) is 0. The molecule has 0 rings (SSSR count). The lowest BCUT2D eigenvalue weighted by atomic mass is 10.2. The minimum atomic E-state index is -0.967. The van der Waals surface area contributed by atoms with Gasteiger partial charge in [-0.2, -0.15) is 0 Å². The summed E-state index contributed by atoms with van der Waals surface area (Å²) in [5, 5.41) is 8.26. The monoisotopic (exact) mass is 220 g/mol. The molecule has 0 aromatic heterocycles. The molecule has 0 aliphatic rings. The Hall–Kier alpha value is -0.650. The molecule has 0 atom stereocenters. The molecule has 1 N–H and O–H groups in total. The summed E-state index contributed by atoms with van der Waals surface area (Å²) in [5.74, 6) is -0.967. The van der Waals surface area contributed by atoms with Gasteiger partial charge >= 0.3 is 5.97 Å². The molecule has 0 spiro atoms. The van der Waals surface area contributed by atoms with Gasteiger partial charge in [0.1, 0.15) is 6.61 Å². The Bertz CT molecular complexity index is 173. The Morgan fingerprint density at radius 2 is 1.60 bits per heavy atom. The molecule has 0 bridgehead atoms. The van der Waals surface area contributed by atoms with Crippen LogP contribution in [0.1, 0.15) is 20.8 Å². The summed E-state index contributed by atoms with van der Waals surface area (Å²) < 4.78 is 15.4. The Balaban J connectivity index is 3.09. The number of ether oxygens (including phenoxy) is 3. The van der Waals surface area contributed by atoms with E-state index >= 15 is 0 Å². The number of carbonyl (C=O) groups is 1. The molecule has 5 heteroatoms. The summed E-state index contributed by atoms with van der Waals surface area (Å²) in [5.41, 5.74) is -0.150. The third kappa shape index (κ3) is 13.3. The molecule has 15 heavy (non-hydrogen) atoms.